The van der Waals surface area contributed by atoms with Gasteiger partial charge < -0.3 is 15.8 Å². The Hall–Kier alpha value is -2.14. The van der Waals surface area contributed by atoms with Crippen LogP contribution < -0.4 is 15.8 Å². The van der Waals surface area contributed by atoms with Gasteiger partial charge in [0, 0.05) is 19.2 Å². The van der Waals surface area contributed by atoms with E-state index in [1.54, 1.807) is 13.2 Å². The lowest BCUT2D eigenvalue weighted by atomic mass is 10.1. The number of nitrogens with two attached hydrogens (primary N) is 1. The van der Waals surface area contributed by atoms with E-state index in [4.69, 9.17) is 10.5 Å². The van der Waals surface area contributed by atoms with E-state index in [-0.39, 0.29) is 0 Å². The minimum absolute atomic E-state index is 0.532. The Labute approximate surface area is 112 Å². The Morgan fingerprint density at radius 2 is 1.95 bits per heavy atom. The molecule has 0 bridgehead atoms. The number of nitrogens with one attached hydrogen (secondary N) is 1. The standard InChI is InChI=1S/C14H18N4O/c1-10-17-13(7-14(18-10)19-2)16-9-12-6-4-3-5-11(12)8-15/h3-7H,8-9,15H2,1-2H3,(H,16,17,18). The summed E-state index contributed by atoms with van der Waals surface area (Å²) in [5, 5.41) is 3.26. The van der Waals surface area contributed by atoms with E-state index in [1.165, 1.54) is 5.56 Å². The highest BCUT2D eigenvalue weighted by molar-refractivity contribution is 5.40. The normalized spacial score (nSPS) is 10.3. The zero-order chi connectivity index (χ0) is 13.7. The van der Waals surface area contributed by atoms with Crippen LogP contribution in [0.5, 0.6) is 5.88 Å². The van der Waals surface area contributed by atoms with E-state index < -0.39 is 0 Å². The maximum atomic E-state index is 5.72. The third kappa shape index (κ3) is 3.42. The van der Waals surface area contributed by atoms with Gasteiger partial charge in [0.05, 0.1) is 7.11 Å². The molecule has 0 aliphatic heterocycles. The Balaban J connectivity index is 2.12. The average Bonchev–Trinajstić information content (AvgIpc) is 2.44. The Kier molecular flexibility index (Phi) is 4.30. The van der Waals surface area contributed by atoms with E-state index in [0.29, 0.717) is 24.8 Å². The monoisotopic (exact) mass is 258 g/mol. The first-order valence-electron chi connectivity index (χ1n) is 6.13. The molecule has 1 heterocycles. The Morgan fingerprint density at radius 3 is 2.63 bits per heavy atom. The van der Waals surface area contributed by atoms with Crippen LogP contribution in [0.3, 0.4) is 0 Å². The lowest BCUT2D eigenvalue weighted by Crippen LogP contribution is -2.08. The van der Waals surface area contributed by atoms with Gasteiger partial charge in [0.1, 0.15) is 11.6 Å². The number of anilines is 1. The highest BCUT2D eigenvalue weighted by atomic mass is 16.5. The molecule has 0 unspecified atom stereocenters. The first kappa shape index (κ1) is 13.3. The smallest absolute Gasteiger partial charge is 0.218 e. The predicted octanol–water partition coefficient (Wildman–Crippen LogP) is 1.86. The van der Waals surface area contributed by atoms with E-state index >= 15 is 0 Å². The average molecular weight is 258 g/mol. The molecule has 5 heteroatoms. The van der Waals surface area contributed by atoms with Crippen LogP contribution in [0.4, 0.5) is 5.82 Å². The van der Waals surface area contributed by atoms with Gasteiger partial charge in [-0.2, -0.15) is 4.98 Å². The fraction of sp³-hybridized carbons (Fsp3) is 0.286. The topological polar surface area (TPSA) is 73.1 Å². The van der Waals surface area contributed by atoms with Gasteiger partial charge in [0.2, 0.25) is 5.88 Å². The lowest BCUT2D eigenvalue weighted by Gasteiger charge is -2.10. The molecule has 0 spiro atoms. The van der Waals surface area contributed by atoms with Crippen molar-refractivity contribution in [3.05, 3.63) is 47.3 Å². The van der Waals surface area contributed by atoms with Gasteiger partial charge in [-0.3, -0.25) is 0 Å². The summed E-state index contributed by atoms with van der Waals surface area (Å²) >= 11 is 0. The molecule has 0 radical (unpaired) electrons. The summed E-state index contributed by atoms with van der Waals surface area (Å²) in [6, 6.07) is 9.85. The SMILES string of the molecule is COc1cc(NCc2ccccc2CN)nc(C)n1. The molecular formula is C14H18N4O. The van der Waals surface area contributed by atoms with Crippen molar-refractivity contribution in [2.45, 2.75) is 20.0 Å². The van der Waals surface area contributed by atoms with Gasteiger partial charge in [0.15, 0.2) is 0 Å². The van der Waals surface area contributed by atoms with Gasteiger partial charge in [-0.05, 0) is 18.1 Å². The van der Waals surface area contributed by atoms with Crippen LogP contribution >= 0.6 is 0 Å². The summed E-state index contributed by atoms with van der Waals surface area (Å²) in [5.74, 6) is 1.98. The van der Waals surface area contributed by atoms with E-state index in [9.17, 15) is 0 Å². The first-order chi connectivity index (χ1) is 9.22. The number of hydrogen-bond donors (Lipinski definition) is 2. The second kappa shape index (κ2) is 6.15. The molecule has 0 amide bonds. The zero-order valence-corrected chi connectivity index (χ0v) is 11.2. The van der Waals surface area contributed by atoms with E-state index in [1.807, 2.05) is 25.1 Å². The maximum absolute atomic E-state index is 5.72. The van der Waals surface area contributed by atoms with Crippen LogP contribution in [0.1, 0.15) is 17.0 Å². The van der Waals surface area contributed by atoms with Crippen LogP contribution in [0.2, 0.25) is 0 Å². The van der Waals surface area contributed by atoms with Crippen LogP contribution in [0, 0.1) is 6.92 Å². The van der Waals surface area contributed by atoms with Gasteiger partial charge in [-0.25, -0.2) is 4.98 Å². The minimum atomic E-state index is 0.532. The molecule has 2 rings (SSSR count). The molecule has 3 N–H and O–H groups in total. The molecule has 0 fully saturated rings. The number of rotatable bonds is 5. The fourth-order valence-electron chi connectivity index (χ4n) is 1.85. The summed E-state index contributed by atoms with van der Waals surface area (Å²) in [6.07, 6.45) is 0. The third-order valence-corrected chi connectivity index (χ3v) is 2.82. The predicted molar refractivity (Wildman–Crippen MR) is 75.0 cm³/mol. The van der Waals surface area contributed by atoms with Crippen LogP contribution in [-0.2, 0) is 13.1 Å². The van der Waals surface area contributed by atoms with E-state index in [0.717, 1.165) is 11.4 Å². The summed E-state index contributed by atoms with van der Waals surface area (Å²) in [6.45, 7) is 3.04. The Morgan fingerprint density at radius 1 is 1.21 bits per heavy atom. The van der Waals surface area contributed by atoms with Crippen LogP contribution in [0.15, 0.2) is 30.3 Å². The summed E-state index contributed by atoms with van der Waals surface area (Å²) in [7, 11) is 1.59. The molecule has 100 valence electrons. The van der Waals surface area contributed by atoms with Crippen molar-refractivity contribution in [3.8, 4) is 5.88 Å². The Bertz CT molecular complexity index is 557. The van der Waals surface area contributed by atoms with Crippen LogP contribution in [-0.4, -0.2) is 17.1 Å². The fourth-order valence-corrected chi connectivity index (χ4v) is 1.85. The molecular weight excluding hydrogens is 240 g/mol. The molecule has 2 aromatic rings. The quantitative estimate of drug-likeness (QED) is 0.856. The second-order valence-electron chi connectivity index (χ2n) is 4.17. The summed E-state index contributed by atoms with van der Waals surface area (Å²) in [4.78, 5) is 8.47. The van der Waals surface area contributed by atoms with Crippen molar-refractivity contribution >= 4 is 5.82 Å². The maximum Gasteiger partial charge on any atom is 0.218 e. The second-order valence-corrected chi connectivity index (χ2v) is 4.17. The number of methoxy groups -OCH3 is 1. The van der Waals surface area contributed by atoms with Gasteiger partial charge >= 0.3 is 0 Å². The molecule has 0 aliphatic rings. The van der Waals surface area contributed by atoms with Crippen molar-refractivity contribution < 1.29 is 4.74 Å². The van der Waals surface area contributed by atoms with Crippen molar-refractivity contribution in [2.75, 3.05) is 12.4 Å². The third-order valence-electron chi connectivity index (χ3n) is 2.82. The van der Waals surface area contributed by atoms with Gasteiger partial charge in [0.25, 0.3) is 0 Å². The number of aryl methyl sites for hydroxylation is 1. The largest absolute Gasteiger partial charge is 0.481 e. The van der Waals surface area contributed by atoms with Gasteiger partial charge in [-0.15, -0.1) is 0 Å². The minimum Gasteiger partial charge on any atom is -0.481 e. The van der Waals surface area contributed by atoms with Crippen molar-refractivity contribution in [2.24, 2.45) is 5.73 Å². The number of hydrogen-bond acceptors (Lipinski definition) is 5. The molecule has 0 saturated carbocycles. The molecule has 0 atom stereocenters. The highest BCUT2D eigenvalue weighted by Crippen LogP contribution is 2.15. The zero-order valence-electron chi connectivity index (χ0n) is 11.2. The number of benzene rings is 1. The number of ether oxygens (including phenoxy) is 1. The van der Waals surface area contributed by atoms with Crippen molar-refractivity contribution in [1.29, 1.82) is 0 Å². The molecule has 0 saturated heterocycles. The number of nitrogens with zero attached hydrogens (tertiary/aromatic N) is 2. The summed E-state index contributed by atoms with van der Waals surface area (Å²) < 4.78 is 5.12. The number of aromatic nitrogens is 2. The van der Waals surface area contributed by atoms with E-state index in [2.05, 4.69) is 21.4 Å². The van der Waals surface area contributed by atoms with Crippen molar-refractivity contribution in [1.82, 2.24) is 9.97 Å². The lowest BCUT2D eigenvalue weighted by molar-refractivity contribution is 0.396. The molecule has 19 heavy (non-hydrogen) atoms. The summed E-state index contributed by atoms with van der Waals surface area (Å²) in [5.41, 5.74) is 8.02. The van der Waals surface area contributed by atoms with Crippen LogP contribution in [0.25, 0.3) is 0 Å². The molecule has 0 aliphatic carbocycles. The molecule has 5 nitrogen and oxygen atoms in total. The molecule has 1 aromatic carbocycles. The highest BCUT2D eigenvalue weighted by Gasteiger charge is 2.03. The first-order valence-corrected chi connectivity index (χ1v) is 6.13. The van der Waals surface area contributed by atoms with Gasteiger partial charge in [-0.1, -0.05) is 24.3 Å². The molecule has 1 aromatic heterocycles. The van der Waals surface area contributed by atoms with Crippen molar-refractivity contribution in [3.63, 3.8) is 0 Å².